The Morgan fingerprint density at radius 2 is 2.03 bits per heavy atom. The molecule has 2 aromatic rings. The molecule has 2 heterocycles. The van der Waals surface area contributed by atoms with E-state index in [9.17, 15) is 4.79 Å². The highest BCUT2D eigenvalue weighted by molar-refractivity contribution is 6.20. The molecule has 0 saturated heterocycles. The van der Waals surface area contributed by atoms with Crippen molar-refractivity contribution in [2.24, 2.45) is 0 Å². The molecule has 1 atom stereocenters. The molecule has 0 fully saturated rings. The minimum absolute atomic E-state index is 0.109. The van der Waals surface area contributed by atoms with Crippen molar-refractivity contribution >= 4 is 11.5 Å². The van der Waals surface area contributed by atoms with Gasteiger partial charge < -0.3 is 19.5 Å². The number of carbonyl (C=O) groups is 1. The van der Waals surface area contributed by atoms with Gasteiger partial charge in [-0.1, -0.05) is 12.1 Å². The van der Waals surface area contributed by atoms with Crippen LogP contribution in [-0.2, 0) is 11.2 Å². The summed E-state index contributed by atoms with van der Waals surface area (Å²) in [4.78, 5) is 13.0. The Balaban J connectivity index is 1.57. The van der Waals surface area contributed by atoms with E-state index in [0.717, 1.165) is 40.2 Å². The van der Waals surface area contributed by atoms with Crippen LogP contribution in [0.1, 0.15) is 49.1 Å². The first kappa shape index (κ1) is 19.4. The number of aryl methyl sites for hydroxylation is 1. The van der Waals surface area contributed by atoms with E-state index in [1.54, 1.807) is 7.11 Å². The van der Waals surface area contributed by atoms with Crippen LogP contribution in [0.2, 0.25) is 0 Å². The number of fused-ring (bicyclic) bond motifs is 2. The topological polar surface area (TPSA) is 56.8 Å². The SMILES string of the molecule is COc1cc(C(C)NC(=O)C2=CCOc3cc(C)ccc32)cc2c1OC(C)(C)C2. The lowest BCUT2D eigenvalue weighted by molar-refractivity contribution is -0.116. The van der Waals surface area contributed by atoms with Crippen LogP contribution in [0, 0.1) is 6.92 Å². The monoisotopic (exact) mass is 393 g/mol. The maximum atomic E-state index is 13.0. The fraction of sp³-hybridized carbons (Fsp3) is 0.375. The molecule has 2 aliphatic rings. The summed E-state index contributed by atoms with van der Waals surface area (Å²) in [7, 11) is 1.64. The predicted octanol–water partition coefficient (Wildman–Crippen LogP) is 4.37. The Bertz CT molecular complexity index is 1010. The maximum absolute atomic E-state index is 13.0. The van der Waals surface area contributed by atoms with Gasteiger partial charge in [0.05, 0.1) is 13.2 Å². The predicted molar refractivity (Wildman–Crippen MR) is 113 cm³/mol. The highest BCUT2D eigenvalue weighted by atomic mass is 16.5. The molecule has 152 valence electrons. The lowest BCUT2D eigenvalue weighted by Crippen LogP contribution is -2.28. The van der Waals surface area contributed by atoms with E-state index in [1.807, 2.05) is 44.2 Å². The van der Waals surface area contributed by atoms with Crippen molar-refractivity contribution in [3.8, 4) is 17.2 Å². The molecule has 2 aliphatic heterocycles. The number of rotatable bonds is 4. The molecule has 0 saturated carbocycles. The molecule has 0 radical (unpaired) electrons. The van der Waals surface area contributed by atoms with Crippen LogP contribution < -0.4 is 19.5 Å². The molecule has 2 aromatic carbocycles. The maximum Gasteiger partial charge on any atom is 0.252 e. The van der Waals surface area contributed by atoms with Gasteiger partial charge in [-0.15, -0.1) is 0 Å². The summed E-state index contributed by atoms with van der Waals surface area (Å²) in [5.74, 6) is 2.15. The number of hydrogen-bond donors (Lipinski definition) is 1. The summed E-state index contributed by atoms with van der Waals surface area (Å²) in [5.41, 5.74) is 4.43. The van der Waals surface area contributed by atoms with Gasteiger partial charge in [0, 0.05) is 23.1 Å². The minimum Gasteiger partial charge on any atom is -0.493 e. The molecule has 0 spiro atoms. The Kier molecular flexibility index (Phi) is 4.77. The summed E-state index contributed by atoms with van der Waals surface area (Å²) >= 11 is 0. The average Bonchev–Trinajstić information content (AvgIpc) is 3.00. The van der Waals surface area contributed by atoms with E-state index < -0.39 is 0 Å². The molecule has 0 aromatic heterocycles. The average molecular weight is 393 g/mol. The van der Waals surface area contributed by atoms with E-state index in [-0.39, 0.29) is 17.6 Å². The second-order valence-corrected chi connectivity index (χ2v) is 8.37. The largest absolute Gasteiger partial charge is 0.493 e. The second-order valence-electron chi connectivity index (χ2n) is 8.37. The van der Waals surface area contributed by atoms with Gasteiger partial charge in [-0.3, -0.25) is 4.79 Å². The smallest absolute Gasteiger partial charge is 0.252 e. The molecule has 5 nitrogen and oxygen atoms in total. The molecule has 1 amide bonds. The van der Waals surface area contributed by atoms with Crippen LogP contribution in [0.5, 0.6) is 17.2 Å². The molecule has 5 heteroatoms. The third kappa shape index (κ3) is 3.69. The number of ether oxygens (including phenoxy) is 3. The summed E-state index contributed by atoms with van der Waals surface area (Å²) in [6.07, 6.45) is 2.64. The standard InChI is InChI=1S/C24H27NO4/c1-14-6-7-18-19(8-9-28-20(18)10-14)23(26)25-15(2)16-11-17-13-24(3,4)29-22(17)21(12-16)27-5/h6-8,10-12,15H,9,13H2,1-5H3,(H,25,26). The molecular formula is C24H27NO4. The second kappa shape index (κ2) is 7.14. The van der Waals surface area contributed by atoms with Crippen molar-refractivity contribution in [1.82, 2.24) is 5.32 Å². The zero-order valence-electron chi connectivity index (χ0n) is 17.6. The molecule has 0 bridgehead atoms. The first-order valence-corrected chi connectivity index (χ1v) is 9.92. The van der Waals surface area contributed by atoms with Crippen LogP contribution in [-0.4, -0.2) is 25.2 Å². The Labute approximate surface area is 171 Å². The summed E-state index contributed by atoms with van der Waals surface area (Å²) < 4.78 is 17.3. The van der Waals surface area contributed by atoms with Gasteiger partial charge in [0.2, 0.25) is 0 Å². The van der Waals surface area contributed by atoms with Gasteiger partial charge in [-0.2, -0.15) is 0 Å². The number of hydrogen-bond acceptors (Lipinski definition) is 4. The lowest BCUT2D eigenvalue weighted by atomic mass is 9.97. The molecule has 29 heavy (non-hydrogen) atoms. The number of methoxy groups -OCH3 is 1. The molecule has 1 N–H and O–H groups in total. The Morgan fingerprint density at radius 1 is 1.24 bits per heavy atom. The van der Waals surface area contributed by atoms with Crippen LogP contribution in [0.4, 0.5) is 0 Å². The molecular weight excluding hydrogens is 366 g/mol. The van der Waals surface area contributed by atoms with E-state index >= 15 is 0 Å². The molecule has 0 aliphatic carbocycles. The highest BCUT2D eigenvalue weighted by Gasteiger charge is 2.33. The number of nitrogens with one attached hydrogen (secondary N) is 1. The first-order chi connectivity index (χ1) is 13.8. The van der Waals surface area contributed by atoms with Crippen LogP contribution in [0.3, 0.4) is 0 Å². The summed E-state index contributed by atoms with van der Waals surface area (Å²) in [5, 5.41) is 3.13. The molecule has 1 unspecified atom stereocenters. The van der Waals surface area contributed by atoms with E-state index in [2.05, 4.69) is 25.2 Å². The Morgan fingerprint density at radius 3 is 2.79 bits per heavy atom. The summed E-state index contributed by atoms with van der Waals surface area (Å²) in [6, 6.07) is 9.77. The third-order valence-electron chi connectivity index (χ3n) is 5.41. The van der Waals surface area contributed by atoms with Gasteiger partial charge in [-0.05, 0) is 63.1 Å². The van der Waals surface area contributed by atoms with Crippen molar-refractivity contribution in [3.05, 3.63) is 58.7 Å². The van der Waals surface area contributed by atoms with Gasteiger partial charge in [0.1, 0.15) is 18.0 Å². The van der Waals surface area contributed by atoms with Gasteiger partial charge in [-0.25, -0.2) is 0 Å². The summed E-state index contributed by atoms with van der Waals surface area (Å²) in [6.45, 7) is 8.51. The van der Waals surface area contributed by atoms with Crippen LogP contribution in [0.15, 0.2) is 36.4 Å². The highest BCUT2D eigenvalue weighted by Crippen LogP contribution is 2.43. The van der Waals surface area contributed by atoms with E-state index in [1.165, 1.54) is 0 Å². The van der Waals surface area contributed by atoms with E-state index in [4.69, 9.17) is 14.2 Å². The molecule has 4 rings (SSSR count). The normalized spacial score (nSPS) is 17.2. The van der Waals surface area contributed by atoms with Crippen molar-refractivity contribution in [2.75, 3.05) is 13.7 Å². The zero-order valence-corrected chi connectivity index (χ0v) is 17.6. The van der Waals surface area contributed by atoms with Crippen molar-refractivity contribution in [3.63, 3.8) is 0 Å². The van der Waals surface area contributed by atoms with Crippen molar-refractivity contribution in [2.45, 2.75) is 45.8 Å². The first-order valence-electron chi connectivity index (χ1n) is 9.92. The number of carbonyl (C=O) groups excluding carboxylic acids is 1. The fourth-order valence-electron chi connectivity index (χ4n) is 3.97. The van der Waals surface area contributed by atoms with Gasteiger partial charge >= 0.3 is 0 Å². The van der Waals surface area contributed by atoms with Crippen LogP contribution >= 0.6 is 0 Å². The van der Waals surface area contributed by atoms with Gasteiger partial charge in [0.15, 0.2) is 11.5 Å². The third-order valence-corrected chi connectivity index (χ3v) is 5.41. The lowest BCUT2D eigenvalue weighted by Gasteiger charge is -2.21. The quantitative estimate of drug-likeness (QED) is 0.838. The minimum atomic E-state index is -0.254. The zero-order chi connectivity index (χ0) is 20.8. The Hall–Kier alpha value is -2.95. The van der Waals surface area contributed by atoms with Crippen molar-refractivity contribution in [1.29, 1.82) is 0 Å². The van der Waals surface area contributed by atoms with Gasteiger partial charge in [0.25, 0.3) is 5.91 Å². The number of amides is 1. The fourth-order valence-corrected chi connectivity index (χ4v) is 3.97. The van der Waals surface area contributed by atoms with Crippen molar-refractivity contribution < 1.29 is 19.0 Å². The van der Waals surface area contributed by atoms with E-state index in [0.29, 0.717) is 17.9 Å². The van der Waals surface area contributed by atoms with Crippen LogP contribution in [0.25, 0.3) is 5.57 Å². The number of benzene rings is 2.